The highest BCUT2D eigenvalue weighted by Gasteiger charge is 2.19. The molecule has 0 aliphatic carbocycles. The Morgan fingerprint density at radius 2 is 1.94 bits per heavy atom. The van der Waals surface area contributed by atoms with E-state index in [2.05, 4.69) is 19.2 Å². The molecule has 0 radical (unpaired) electrons. The molecule has 0 heterocycles. The van der Waals surface area contributed by atoms with Crippen LogP contribution in [0.3, 0.4) is 0 Å². The van der Waals surface area contributed by atoms with Gasteiger partial charge in [0.15, 0.2) is 0 Å². The summed E-state index contributed by atoms with van der Waals surface area (Å²) < 4.78 is 0. The van der Waals surface area contributed by atoms with Gasteiger partial charge < -0.3 is 15.2 Å². The molecule has 0 saturated carbocycles. The van der Waals surface area contributed by atoms with Crippen LogP contribution in [0.4, 0.5) is 0 Å². The second kappa shape index (κ2) is 11.2. The van der Waals surface area contributed by atoms with Crippen LogP contribution in [0.15, 0.2) is 0 Å². The minimum absolute atomic E-state index is 0.272. The van der Waals surface area contributed by atoms with Crippen molar-refractivity contribution in [3.05, 3.63) is 0 Å². The lowest BCUT2D eigenvalue weighted by atomic mass is 10.0. The maximum absolute atomic E-state index is 11.1. The highest BCUT2D eigenvalue weighted by molar-refractivity contribution is 5.73. The molecule has 4 nitrogen and oxygen atoms in total. The summed E-state index contributed by atoms with van der Waals surface area (Å²) in [5, 5.41) is 12.3. The van der Waals surface area contributed by atoms with Crippen LogP contribution in [-0.4, -0.2) is 29.4 Å². The maximum Gasteiger partial charge on any atom is 0.320 e. The van der Waals surface area contributed by atoms with Gasteiger partial charge in [-0.1, -0.05) is 33.1 Å². The summed E-state index contributed by atoms with van der Waals surface area (Å²) in [5.41, 5.74) is 0. The number of hydrogen-bond donors (Lipinski definition) is 2. The van der Waals surface area contributed by atoms with Crippen molar-refractivity contribution in [3.63, 3.8) is 0 Å². The van der Waals surface area contributed by atoms with Gasteiger partial charge in [-0.05, 0) is 25.7 Å². The second-order valence-corrected chi connectivity index (χ2v) is 4.76. The molecule has 2 unspecified atom stereocenters. The largest absolute Gasteiger partial charge is 0.480 e. The molecule has 0 aromatic heterocycles. The Labute approximate surface area is 110 Å². The van der Waals surface area contributed by atoms with E-state index >= 15 is 0 Å². The summed E-state index contributed by atoms with van der Waals surface area (Å²) in [4.78, 5) is 21.4. The van der Waals surface area contributed by atoms with Gasteiger partial charge in [0.2, 0.25) is 0 Å². The fourth-order valence-electron chi connectivity index (χ4n) is 2.01. The zero-order chi connectivity index (χ0) is 13.8. The molecule has 2 atom stereocenters. The van der Waals surface area contributed by atoms with Crippen LogP contribution in [0, 0.1) is 0 Å². The summed E-state index contributed by atoms with van der Waals surface area (Å²) in [5.74, 6) is -0.810. The van der Waals surface area contributed by atoms with E-state index < -0.39 is 12.0 Å². The topological polar surface area (TPSA) is 66.4 Å². The molecular weight excluding hydrogens is 230 g/mol. The Morgan fingerprint density at radius 3 is 2.44 bits per heavy atom. The van der Waals surface area contributed by atoms with Crippen molar-refractivity contribution in [1.82, 2.24) is 5.32 Å². The van der Waals surface area contributed by atoms with Gasteiger partial charge in [0.25, 0.3) is 0 Å². The molecule has 0 fully saturated rings. The molecule has 0 aliphatic rings. The normalized spacial score (nSPS) is 14.1. The first-order valence-electron chi connectivity index (χ1n) is 7.08. The first-order chi connectivity index (χ1) is 8.65. The molecule has 0 bridgehead atoms. The van der Waals surface area contributed by atoms with Crippen LogP contribution < -0.4 is 5.32 Å². The van der Waals surface area contributed by atoms with E-state index in [1.54, 1.807) is 0 Å². The van der Waals surface area contributed by atoms with Crippen LogP contribution >= 0.6 is 0 Å². The SMILES string of the molecule is CCCCCC(CC)NC(CCCC=O)C(=O)O. The first-order valence-corrected chi connectivity index (χ1v) is 7.08. The minimum Gasteiger partial charge on any atom is -0.480 e. The van der Waals surface area contributed by atoms with Gasteiger partial charge in [0.1, 0.15) is 12.3 Å². The standard InChI is InChI=1S/C14H27NO3/c1-3-5-6-9-12(4-2)15-13(14(17)18)10-7-8-11-16/h11-13,15H,3-10H2,1-2H3,(H,17,18). The predicted octanol–water partition coefficient (Wildman–Crippen LogP) is 2.76. The molecule has 0 rings (SSSR count). The number of unbranched alkanes of at least 4 members (excludes halogenated alkanes) is 3. The molecule has 0 aliphatic heterocycles. The third-order valence-corrected chi connectivity index (χ3v) is 3.20. The van der Waals surface area contributed by atoms with Gasteiger partial charge in [-0.15, -0.1) is 0 Å². The molecule has 2 N–H and O–H groups in total. The number of nitrogens with one attached hydrogen (secondary N) is 1. The van der Waals surface area contributed by atoms with Crippen molar-refractivity contribution in [1.29, 1.82) is 0 Å². The highest BCUT2D eigenvalue weighted by Crippen LogP contribution is 2.09. The zero-order valence-electron chi connectivity index (χ0n) is 11.7. The van der Waals surface area contributed by atoms with Crippen LogP contribution in [0.2, 0.25) is 0 Å². The Bertz CT molecular complexity index is 231. The number of rotatable bonds is 12. The molecule has 0 aromatic carbocycles. The maximum atomic E-state index is 11.1. The number of carboxylic acids is 1. The van der Waals surface area contributed by atoms with Crippen molar-refractivity contribution >= 4 is 12.3 Å². The van der Waals surface area contributed by atoms with Crippen molar-refractivity contribution < 1.29 is 14.7 Å². The summed E-state index contributed by atoms with van der Waals surface area (Å²) >= 11 is 0. The van der Waals surface area contributed by atoms with E-state index in [0.717, 1.165) is 25.5 Å². The second-order valence-electron chi connectivity index (χ2n) is 4.76. The molecule has 106 valence electrons. The van der Waals surface area contributed by atoms with E-state index in [1.165, 1.54) is 12.8 Å². The number of aldehydes is 1. The van der Waals surface area contributed by atoms with Crippen molar-refractivity contribution in [2.24, 2.45) is 0 Å². The van der Waals surface area contributed by atoms with Gasteiger partial charge in [-0.25, -0.2) is 0 Å². The first kappa shape index (κ1) is 17.1. The van der Waals surface area contributed by atoms with E-state index in [4.69, 9.17) is 5.11 Å². The van der Waals surface area contributed by atoms with Crippen LogP contribution in [0.5, 0.6) is 0 Å². The molecule has 0 spiro atoms. The Morgan fingerprint density at radius 1 is 1.22 bits per heavy atom. The molecule has 4 heteroatoms. The smallest absolute Gasteiger partial charge is 0.320 e. The number of carboxylic acid groups (broad SMARTS) is 1. The van der Waals surface area contributed by atoms with Gasteiger partial charge in [0, 0.05) is 12.5 Å². The fraction of sp³-hybridized carbons (Fsp3) is 0.857. The quantitative estimate of drug-likeness (QED) is 0.417. The summed E-state index contributed by atoms with van der Waals surface area (Å²) in [6.45, 7) is 4.24. The number of aliphatic carboxylic acids is 1. The molecule has 0 saturated heterocycles. The molecular formula is C14H27NO3. The molecule has 0 aromatic rings. The van der Waals surface area contributed by atoms with Gasteiger partial charge >= 0.3 is 5.97 Å². The third kappa shape index (κ3) is 8.23. The third-order valence-electron chi connectivity index (χ3n) is 3.20. The lowest BCUT2D eigenvalue weighted by Crippen LogP contribution is -2.43. The Hall–Kier alpha value is -0.900. The van der Waals surface area contributed by atoms with E-state index in [9.17, 15) is 9.59 Å². The van der Waals surface area contributed by atoms with Crippen molar-refractivity contribution in [2.75, 3.05) is 0 Å². The predicted molar refractivity (Wildman–Crippen MR) is 72.7 cm³/mol. The highest BCUT2D eigenvalue weighted by atomic mass is 16.4. The monoisotopic (exact) mass is 257 g/mol. The minimum atomic E-state index is -0.810. The Balaban J connectivity index is 4.08. The van der Waals surface area contributed by atoms with E-state index in [0.29, 0.717) is 19.3 Å². The van der Waals surface area contributed by atoms with Gasteiger partial charge in [-0.3, -0.25) is 4.79 Å². The number of carbonyl (C=O) groups excluding carboxylic acids is 1. The van der Waals surface area contributed by atoms with Gasteiger partial charge in [-0.2, -0.15) is 0 Å². The Kier molecular flexibility index (Phi) is 10.6. The summed E-state index contributed by atoms with van der Waals surface area (Å²) in [6, 6.07) is -0.245. The van der Waals surface area contributed by atoms with E-state index in [-0.39, 0.29) is 6.04 Å². The summed E-state index contributed by atoms with van der Waals surface area (Å²) in [7, 11) is 0. The number of carbonyl (C=O) groups is 2. The van der Waals surface area contributed by atoms with Crippen LogP contribution in [0.25, 0.3) is 0 Å². The fourth-order valence-corrected chi connectivity index (χ4v) is 2.01. The lowest BCUT2D eigenvalue weighted by Gasteiger charge is -2.22. The zero-order valence-corrected chi connectivity index (χ0v) is 11.7. The van der Waals surface area contributed by atoms with Crippen molar-refractivity contribution in [2.45, 2.75) is 77.3 Å². The average Bonchev–Trinajstić information content (AvgIpc) is 2.35. The van der Waals surface area contributed by atoms with E-state index in [1.807, 2.05) is 0 Å². The van der Waals surface area contributed by atoms with Crippen LogP contribution in [0.1, 0.15) is 65.2 Å². The summed E-state index contributed by atoms with van der Waals surface area (Å²) in [6.07, 6.45) is 7.94. The molecule has 18 heavy (non-hydrogen) atoms. The van der Waals surface area contributed by atoms with Gasteiger partial charge in [0.05, 0.1) is 0 Å². The average molecular weight is 257 g/mol. The lowest BCUT2D eigenvalue weighted by molar-refractivity contribution is -0.140. The van der Waals surface area contributed by atoms with Crippen molar-refractivity contribution in [3.8, 4) is 0 Å². The number of hydrogen-bond acceptors (Lipinski definition) is 3. The van der Waals surface area contributed by atoms with Crippen LogP contribution in [-0.2, 0) is 9.59 Å². The molecule has 0 amide bonds.